The molecule has 246 valence electrons. The van der Waals surface area contributed by atoms with Crippen LogP contribution in [-0.2, 0) is 11.3 Å². The predicted octanol–water partition coefficient (Wildman–Crippen LogP) is 3.94. The second kappa shape index (κ2) is 14.3. The molecule has 0 bridgehead atoms. The maximum atomic E-state index is 12.4. The van der Waals surface area contributed by atoms with Crippen LogP contribution < -0.4 is 14.2 Å². The highest BCUT2D eigenvalue weighted by molar-refractivity contribution is 6.30. The van der Waals surface area contributed by atoms with Gasteiger partial charge in [-0.15, -0.1) is 0 Å². The lowest BCUT2D eigenvalue weighted by atomic mass is 10.0. The Hall–Kier alpha value is -5.53. The molecule has 4 aromatic carbocycles. The Labute approximate surface area is 273 Å². The molecule has 0 saturated carbocycles. The Balaban J connectivity index is 0.000000194. The summed E-state index contributed by atoms with van der Waals surface area (Å²) in [6.45, 7) is 4.24. The number of fused-ring (bicyclic) bond motifs is 1. The summed E-state index contributed by atoms with van der Waals surface area (Å²) in [4.78, 5) is 28.6. The van der Waals surface area contributed by atoms with Crippen molar-refractivity contribution in [2.24, 2.45) is 0 Å². The Morgan fingerprint density at radius 2 is 1.38 bits per heavy atom. The van der Waals surface area contributed by atoms with Crippen LogP contribution in [0, 0.1) is 0 Å². The summed E-state index contributed by atoms with van der Waals surface area (Å²) in [5, 5.41) is 56.6. The molecule has 0 spiro atoms. The topological polar surface area (TPSA) is 190 Å². The van der Waals surface area contributed by atoms with Gasteiger partial charge in [0.05, 0.1) is 5.56 Å². The van der Waals surface area contributed by atoms with Crippen molar-refractivity contribution in [3.63, 3.8) is 0 Å². The van der Waals surface area contributed by atoms with Gasteiger partial charge in [0.25, 0.3) is 5.91 Å². The first-order valence-corrected chi connectivity index (χ1v) is 14.7. The lowest BCUT2D eigenvalue weighted by Gasteiger charge is -2.34. The zero-order valence-corrected chi connectivity index (χ0v) is 25.6. The van der Waals surface area contributed by atoms with Gasteiger partial charge in [-0.3, -0.25) is 14.5 Å². The lowest BCUT2D eigenvalue weighted by molar-refractivity contribution is -0.135. The molecular formula is C33H31ClN2O11. The van der Waals surface area contributed by atoms with E-state index in [1.165, 1.54) is 5.56 Å². The molecule has 47 heavy (non-hydrogen) atoms. The van der Waals surface area contributed by atoms with Gasteiger partial charge in [-0.25, -0.2) is 0 Å². The molecule has 4 aromatic rings. The number of amides is 1. The normalized spacial score (nSPS) is 13.9. The number of piperazine rings is 1. The van der Waals surface area contributed by atoms with Crippen LogP contribution in [0.25, 0.3) is 0 Å². The van der Waals surface area contributed by atoms with Crippen molar-refractivity contribution < 1.29 is 54.4 Å². The smallest absolute Gasteiger partial charge is 0.260 e. The maximum Gasteiger partial charge on any atom is 0.260 e. The van der Waals surface area contributed by atoms with Gasteiger partial charge in [0.1, 0.15) is 5.75 Å². The second-order valence-corrected chi connectivity index (χ2v) is 11.0. The van der Waals surface area contributed by atoms with Crippen molar-refractivity contribution in [3.8, 4) is 51.7 Å². The Bertz CT molecular complexity index is 1750. The molecule has 6 rings (SSSR count). The maximum absolute atomic E-state index is 12.4. The molecule has 2 aliphatic heterocycles. The second-order valence-electron chi connectivity index (χ2n) is 10.6. The summed E-state index contributed by atoms with van der Waals surface area (Å²) in [6, 6.07) is 16.9. The molecule has 0 atom stereocenters. The molecule has 0 radical (unpaired) electrons. The molecule has 0 aliphatic carbocycles. The van der Waals surface area contributed by atoms with E-state index in [2.05, 4.69) is 11.0 Å². The zero-order valence-electron chi connectivity index (χ0n) is 24.8. The number of aromatic hydroxyl groups is 6. The monoisotopic (exact) mass is 666 g/mol. The first kappa shape index (κ1) is 32.9. The number of benzene rings is 4. The molecule has 14 heteroatoms. The van der Waals surface area contributed by atoms with E-state index in [-0.39, 0.29) is 30.4 Å². The highest BCUT2D eigenvalue weighted by Crippen LogP contribution is 2.40. The van der Waals surface area contributed by atoms with Gasteiger partial charge < -0.3 is 49.7 Å². The van der Waals surface area contributed by atoms with Gasteiger partial charge in [-0.05, 0) is 66.2 Å². The summed E-state index contributed by atoms with van der Waals surface area (Å²) in [7, 11) is 0. The number of rotatable bonds is 7. The van der Waals surface area contributed by atoms with Gasteiger partial charge in [0.15, 0.2) is 52.6 Å². The third-order valence-corrected chi connectivity index (χ3v) is 7.70. The van der Waals surface area contributed by atoms with Crippen LogP contribution in [0.2, 0.25) is 5.02 Å². The van der Waals surface area contributed by atoms with Crippen molar-refractivity contribution in [1.29, 1.82) is 0 Å². The number of phenolic OH excluding ortho intramolecular Hbond substituents is 6. The van der Waals surface area contributed by atoms with Gasteiger partial charge in [-0.1, -0.05) is 17.7 Å². The van der Waals surface area contributed by atoms with Crippen LogP contribution >= 0.6 is 11.6 Å². The number of carbonyl (C=O) groups is 2. The number of hydrogen-bond donors (Lipinski definition) is 6. The largest absolute Gasteiger partial charge is 0.504 e. The van der Waals surface area contributed by atoms with E-state index in [1.54, 1.807) is 24.3 Å². The predicted molar refractivity (Wildman–Crippen MR) is 168 cm³/mol. The zero-order chi connectivity index (χ0) is 33.7. The fourth-order valence-electron chi connectivity index (χ4n) is 4.86. The van der Waals surface area contributed by atoms with Crippen LogP contribution in [0.5, 0.6) is 51.7 Å². The molecule has 1 saturated heterocycles. The van der Waals surface area contributed by atoms with E-state index in [4.69, 9.17) is 30.9 Å². The van der Waals surface area contributed by atoms with Gasteiger partial charge >= 0.3 is 0 Å². The molecule has 13 nitrogen and oxygen atoms in total. The van der Waals surface area contributed by atoms with Gasteiger partial charge in [-0.2, -0.15) is 0 Å². The van der Waals surface area contributed by atoms with Crippen molar-refractivity contribution >= 4 is 23.3 Å². The van der Waals surface area contributed by atoms with E-state index in [0.717, 1.165) is 55.4 Å². The van der Waals surface area contributed by atoms with Crippen molar-refractivity contribution in [2.75, 3.05) is 39.6 Å². The van der Waals surface area contributed by atoms with E-state index in [1.807, 2.05) is 17.0 Å². The number of carbonyl (C=O) groups excluding carboxylic acids is 2. The first-order chi connectivity index (χ1) is 22.5. The quantitative estimate of drug-likeness (QED) is 0.123. The molecule has 1 fully saturated rings. The molecule has 0 unspecified atom stereocenters. The fourth-order valence-corrected chi connectivity index (χ4v) is 4.99. The number of ketones is 1. The van der Waals surface area contributed by atoms with E-state index < -0.39 is 40.3 Å². The van der Waals surface area contributed by atoms with Crippen LogP contribution in [0.4, 0.5) is 0 Å². The van der Waals surface area contributed by atoms with Crippen molar-refractivity contribution in [2.45, 2.75) is 6.54 Å². The Morgan fingerprint density at radius 1 is 0.723 bits per heavy atom. The molecule has 6 N–H and O–H groups in total. The fraction of sp³-hybridized carbons (Fsp3) is 0.212. The van der Waals surface area contributed by atoms with E-state index >= 15 is 0 Å². The number of halogens is 1. The van der Waals surface area contributed by atoms with Crippen molar-refractivity contribution in [3.05, 3.63) is 88.4 Å². The number of phenols is 6. The standard InChI is InChI=1S/C20H21ClN2O4.C13H10O7/c21-16-2-4-17(5-3-16)25-13-20(24)23-9-7-22(8-10-23)12-15-1-6-18-19(11-15)27-14-26-18;14-7-2-1-6(11(18)13(7)20)10(17)5-3-8(15)12(19)9(16)4-5/h1-6,11H,7-10,12-14H2;1-4,14-16,18-20H. The highest BCUT2D eigenvalue weighted by atomic mass is 35.5. The minimum atomic E-state index is -0.858. The molecule has 0 aromatic heterocycles. The average molecular weight is 667 g/mol. The number of ether oxygens (including phenoxy) is 3. The van der Waals surface area contributed by atoms with Crippen LogP contribution in [0.3, 0.4) is 0 Å². The van der Waals surface area contributed by atoms with Crippen LogP contribution in [0.15, 0.2) is 66.7 Å². The van der Waals surface area contributed by atoms with Gasteiger partial charge in [0, 0.05) is 43.3 Å². The first-order valence-electron chi connectivity index (χ1n) is 14.3. The SMILES string of the molecule is O=C(COc1ccc(Cl)cc1)N1CCN(Cc2ccc3c(c2)OCO3)CC1.O=C(c1cc(O)c(O)c(O)c1)c1ccc(O)c(O)c1O. The molecule has 2 aliphatic rings. The van der Waals surface area contributed by atoms with E-state index in [9.17, 15) is 35.1 Å². The summed E-state index contributed by atoms with van der Waals surface area (Å²) in [5.74, 6) is -3.06. The van der Waals surface area contributed by atoms with E-state index in [0.29, 0.717) is 23.9 Å². The number of nitrogens with zero attached hydrogens (tertiary/aromatic N) is 2. The summed E-state index contributed by atoms with van der Waals surface area (Å²) >= 11 is 5.85. The minimum absolute atomic E-state index is 0.00711. The third kappa shape index (κ3) is 7.83. The average Bonchev–Trinajstić information content (AvgIpc) is 3.54. The summed E-state index contributed by atoms with van der Waals surface area (Å²) in [6.07, 6.45) is 0. The van der Waals surface area contributed by atoms with Crippen LogP contribution in [0.1, 0.15) is 21.5 Å². The van der Waals surface area contributed by atoms with Crippen LogP contribution in [-0.4, -0.2) is 91.7 Å². The molecule has 1 amide bonds. The van der Waals surface area contributed by atoms with Gasteiger partial charge in [0.2, 0.25) is 12.5 Å². The molecular weight excluding hydrogens is 636 g/mol. The Morgan fingerprint density at radius 3 is 2.06 bits per heavy atom. The lowest BCUT2D eigenvalue weighted by Crippen LogP contribution is -2.49. The summed E-state index contributed by atoms with van der Waals surface area (Å²) in [5.41, 5.74) is 0.619. The summed E-state index contributed by atoms with van der Waals surface area (Å²) < 4.78 is 16.3. The minimum Gasteiger partial charge on any atom is -0.504 e. The molecule has 2 heterocycles. The van der Waals surface area contributed by atoms with Crippen molar-refractivity contribution in [1.82, 2.24) is 9.80 Å². The Kier molecular flexibility index (Phi) is 9.97. The number of hydrogen-bond acceptors (Lipinski definition) is 12. The third-order valence-electron chi connectivity index (χ3n) is 7.45. The highest BCUT2D eigenvalue weighted by Gasteiger charge is 2.23.